The van der Waals surface area contributed by atoms with Crippen molar-refractivity contribution in [1.29, 1.82) is 0 Å². The number of nitrogens with zero attached hydrogens (tertiary/aromatic N) is 1. The Morgan fingerprint density at radius 3 is 2.59 bits per heavy atom. The normalized spacial score (nSPS) is 15.6. The van der Waals surface area contributed by atoms with Crippen LogP contribution < -0.4 is 9.47 Å². The molecule has 34 heavy (non-hydrogen) atoms. The van der Waals surface area contributed by atoms with Crippen LogP contribution in [0.5, 0.6) is 11.5 Å². The Morgan fingerprint density at radius 1 is 1.18 bits per heavy atom. The molecule has 0 saturated carbocycles. The highest BCUT2D eigenvalue weighted by Crippen LogP contribution is 2.40. The summed E-state index contributed by atoms with van der Waals surface area (Å²) in [6.07, 6.45) is 1.54. The Morgan fingerprint density at radius 2 is 1.91 bits per heavy atom. The largest absolute Gasteiger partial charge is 0.490 e. The number of ether oxygens (including phenoxy) is 3. The Kier molecular flexibility index (Phi) is 8.73. The van der Waals surface area contributed by atoms with E-state index in [1.54, 1.807) is 37.3 Å². The Labute approximate surface area is 209 Å². The molecule has 1 fully saturated rings. The third-order valence-corrected chi connectivity index (χ3v) is 6.27. The van der Waals surface area contributed by atoms with E-state index >= 15 is 0 Å². The first-order valence-electron chi connectivity index (χ1n) is 10.5. The van der Waals surface area contributed by atoms with Gasteiger partial charge in [-0.3, -0.25) is 14.5 Å². The van der Waals surface area contributed by atoms with Gasteiger partial charge in [-0.05, 0) is 78.3 Å². The molecule has 1 aliphatic heterocycles. The van der Waals surface area contributed by atoms with Crippen LogP contribution >= 0.6 is 27.7 Å². The summed E-state index contributed by atoms with van der Waals surface area (Å²) < 4.78 is 30.9. The molecule has 1 saturated heterocycles. The molecule has 1 atom stereocenters. The lowest BCUT2D eigenvalue weighted by molar-refractivity contribution is -0.150. The highest BCUT2D eigenvalue weighted by Gasteiger charge is 2.41. The van der Waals surface area contributed by atoms with Gasteiger partial charge in [0.05, 0.1) is 22.6 Å². The lowest BCUT2D eigenvalue weighted by atomic mass is 10.1. The molecule has 3 rings (SSSR count). The molecule has 0 spiro atoms. The highest BCUT2D eigenvalue weighted by molar-refractivity contribution is 9.10. The van der Waals surface area contributed by atoms with Gasteiger partial charge in [-0.15, -0.1) is 0 Å². The molecule has 0 N–H and O–H groups in total. The van der Waals surface area contributed by atoms with E-state index in [2.05, 4.69) is 15.9 Å². The SMILES string of the molecule is CCOC(=O)[C@H](C)N1C(=O)S/C(=C/c2cc(Br)c(OCc3ccccc3F)c(OCC)c2)C1=O. The van der Waals surface area contributed by atoms with E-state index in [0.717, 1.165) is 16.7 Å². The van der Waals surface area contributed by atoms with Gasteiger partial charge >= 0.3 is 5.97 Å². The van der Waals surface area contributed by atoms with Crippen molar-refractivity contribution in [1.82, 2.24) is 4.90 Å². The molecule has 180 valence electrons. The fraction of sp³-hybridized carbons (Fsp3) is 0.292. The van der Waals surface area contributed by atoms with Gasteiger partial charge in [-0.2, -0.15) is 0 Å². The number of thioether (sulfide) groups is 1. The minimum Gasteiger partial charge on any atom is -0.490 e. The summed E-state index contributed by atoms with van der Waals surface area (Å²) in [6, 6.07) is 8.64. The van der Waals surface area contributed by atoms with Crippen LogP contribution in [0.2, 0.25) is 0 Å². The molecule has 1 heterocycles. The third-order valence-electron chi connectivity index (χ3n) is 4.80. The number of carbonyl (C=O) groups excluding carboxylic acids is 3. The van der Waals surface area contributed by atoms with E-state index < -0.39 is 23.2 Å². The average molecular weight is 552 g/mol. The average Bonchev–Trinajstić information content (AvgIpc) is 3.06. The number of carbonyl (C=O) groups is 3. The number of benzene rings is 2. The van der Waals surface area contributed by atoms with Crippen LogP contribution in [0.4, 0.5) is 9.18 Å². The van der Waals surface area contributed by atoms with E-state index in [1.165, 1.54) is 19.1 Å². The van der Waals surface area contributed by atoms with Crippen LogP contribution in [0.15, 0.2) is 45.8 Å². The van der Waals surface area contributed by atoms with E-state index in [1.807, 2.05) is 6.92 Å². The van der Waals surface area contributed by atoms with Gasteiger partial charge in [0, 0.05) is 5.56 Å². The second kappa shape index (κ2) is 11.5. The van der Waals surface area contributed by atoms with Gasteiger partial charge in [-0.25, -0.2) is 9.18 Å². The van der Waals surface area contributed by atoms with Crippen LogP contribution in [-0.4, -0.2) is 41.3 Å². The Bertz CT molecular complexity index is 1140. The maximum Gasteiger partial charge on any atom is 0.329 e. The molecule has 10 heteroatoms. The molecule has 2 aromatic carbocycles. The fourth-order valence-electron chi connectivity index (χ4n) is 3.17. The van der Waals surface area contributed by atoms with E-state index in [9.17, 15) is 18.8 Å². The smallest absolute Gasteiger partial charge is 0.329 e. The standard InChI is InChI=1S/C24H23BrFNO6S/c1-4-31-19-11-15(10-17(25)21(19)33-13-16-8-6-7-9-18(16)26)12-20-22(28)27(24(30)34-20)14(3)23(29)32-5-2/h6-12,14H,4-5,13H2,1-3H3/b20-12+/t14-/m0/s1. The van der Waals surface area contributed by atoms with Gasteiger partial charge in [0.15, 0.2) is 11.5 Å². The van der Waals surface area contributed by atoms with Gasteiger partial charge < -0.3 is 14.2 Å². The number of esters is 1. The topological polar surface area (TPSA) is 82.1 Å². The van der Waals surface area contributed by atoms with Crippen LogP contribution in [0.3, 0.4) is 0 Å². The van der Waals surface area contributed by atoms with E-state index in [-0.39, 0.29) is 23.9 Å². The predicted molar refractivity (Wildman–Crippen MR) is 130 cm³/mol. The molecule has 0 aliphatic carbocycles. The minimum atomic E-state index is -1.03. The molecule has 0 radical (unpaired) electrons. The zero-order valence-corrected chi connectivity index (χ0v) is 21.2. The molecule has 0 unspecified atom stereocenters. The first kappa shape index (κ1) is 25.8. The second-order valence-corrected chi connectivity index (χ2v) is 8.97. The van der Waals surface area contributed by atoms with Gasteiger partial charge in [0.1, 0.15) is 18.5 Å². The monoisotopic (exact) mass is 551 g/mol. The maximum absolute atomic E-state index is 14.0. The van der Waals surface area contributed by atoms with Crippen molar-refractivity contribution < 1.29 is 33.0 Å². The van der Waals surface area contributed by atoms with Gasteiger partial charge in [-0.1, -0.05) is 18.2 Å². The van der Waals surface area contributed by atoms with Crippen LogP contribution in [-0.2, 0) is 20.9 Å². The summed E-state index contributed by atoms with van der Waals surface area (Å²) in [5.41, 5.74) is 0.966. The van der Waals surface area contributed by atoms with Crippen molar-refractivity contribution in [3.05, 3.63) is 62.7 Å². The summed E-state index contributed by atoms with van der Waals surface area (Å²) in [5.74, 6) is -0.834. The maximum atomic E-state index is 14.0. The van der Waals surface area contributed by atoms with Crippen LogP contribution in [0.25, 0.3) is 6.08 Å². The molecule has 0 bridgehead atoms. The molecular formula is C24H23BrFNO6S. The van der Waals surface area contributed by atoms with Crippen molar-refractivity contribution in [3.63, 3.8) is 0 Å². The lowest BCUT2D eigenvalue weighted by Crippen LogP contribution is -2.42. The number of imide groups is 1. The molecule has 7 nitrogen and oxygen atoms in total. The number of hydrogen-bond acceptors (Lipinski definition) is 7. The van der Waals surface area contributed by atoms with Crippen molar-refractivity contribution in [2.24, 2.45) is 0 Å². The second-order valence-electron chi connectivity index (χ2n) is 7.12. The van der Waals surface area contributed by atoms with Gasteiger partial charge in [0.2, 0.25) is 0 Å². The number of rotatable bonds is 9. The summed E-state index contributed by atoms with van der Waals surface area (Å²) >= 11 is 4.19. The van der Waals surface area contributed by atoms with Crippen molar-refractivity contribution in [2.45, 2.75) is 33.4 Å². The molecule has 2 aromatic rings. The third kappa shape index (κ3) is 5.79. The Hall–Kier alpha value is -2.85. The van der Waals surface area contributed by atoms with Crippen LogP contribution in [0.1, 0.15) is 31.9 Å². The van der Waals surface area contributed by atoms with E-state index in [0.29, 0.717) is 33.7 Å². The highest BCUT2D eigenvalue weighted by atomic mass is 79.9. The first-order chi connectivity index (χ1) is 16.3. The predicted octanol–water partition coefficient (Wildman–Crippen LogP) is 5.55. The van der Waals surface area contributed by atoms with E-state index in [4.69, 9.17) is 14.2 Å². The number of halogens is 2. The molecule has 1 aliphatic rings. The quantitative estimate of drug-likeness (QED) is 0.298. The minimum absolute atomic E-state index is 0.00463. The number of hydrogen-bond donors (Lipinski definition) is 0. The zero-order chi connectivity index (χ0) is 24.8. The molecular weight excluding hydrogens is 529 g/mol. The lowest BCUT2D eigenvalue weighted by Gasteiger charge is -2.19. The summed E-state index contributed by atoms with van der Waals surface area (Å²) in [7, 11) is 0. The Balaban J connectivity index is 1.86. The van der Waals surface area contributed by atoms with Crippen LogP contribution in [0, 0.1) is 5.82 Å². The first-order valence-corrected chi connectivity index (χ1v) is 12.1. The molecule has 2 amide bonds. The summed E-state index contributed by atoms with van der Waals surface area (Å²) in [4.78, 5) is 38.3. The summed E-state index contributed by atoms with van der Waals surface area (Å²) in [5, 5.41) is -0.550. The fourth-order valence-corrected chi connectivity index (χ4v) is 4.66. The van der Waals surface area contributed by atoms with Crippen molar-refractivity contribution in [3.8, 4) is 11.5 Å². The van der Waals surface area contributed by atoms with Crippen molar-refractivity contribution in [2.75, 3.05) is 13.2 Å². The van der Waals surface area contributed by atoms with Crippen molar-refractivity contribution >= 4 is 50.9 Å². The zero-order valence-electron chi connectivity index (χ0n) is 18.8. The van der Waals surface area contributed by atoms with Gasteiger partial charge in [0.25, 0.3) is 11.1 Å². The molecule has 0 aromatic heterocycles. The number of amides is 2. The summed E-state index contributed by atoms with van der Waals surface area (Å²) in [6.45, 7) is 5.39.